The number of fused-ring (bicyclic) bond motifs is 3. The molecule has 1 aliphatic carbocycles. The Balaban J connectivity index is 2.36. The maximum atomic E-state index is 11.8. The zero-order valence-corrected chi connectivity index (χ0v) is 12.1. The summed E-state index contributed by atoms with van der Waals surface area (Å²) in [6, 6.07) is 3.32. The number of benzene rings is 1. The second-order valence-electron chi connectivity index (χ2n) is 5.48. The summed E-state index contributed by atoms with van der Waals surface area (Å²) >= 11 is 6.44. The van der Waals surface area contributed by atoms with Crippen molar-refractivity contribution in [3.05, 3.63) is 34.0 Å². The summed E-state index contributed by atoms with van der Waals surface area (Å²) in [4.78, 5) is 11.8. The van der Waals surface area contributed by atoms with Gasteiger partial charge in [-0.05, 0) is 49.3 Å². The molecular formula is C15H17ClN2O2. The Morgan fingerprint density at radius 3 is 2.95 bits per heavy atom. The number of halogens is 1. The van der Waals surface area contributed by atoms with Gasteiger partial charge < -0.3 is 10.8 Å². The van der Waals surface area contributed by atoms with Gasteiger partial charge in [0.2, 0.25) is 0 Å². The van der Waals surface area contributed by atoms with Crippen LogP contribution < -0.4 is 5.73 Å². The Morgan fingerprint density at radius 1 is 1.55 bits per heavy atom. The molecule has 1 atom stereocenters. The molecule has 5 heteroatoms. The lowest BCUT2D eigenvalue weighted by Crippen LogP contribution is -2.25. The highest BCUT2D eigenvalue weighted by Crippen LogP contribution is 2.38. The average Bonchev–Trinajstić information content (AvgIpc) is 2.76. The molecule has 0 radical (unpaired) electrons. The topological polar surface area (TPSA) is 68.2 Å². The number of carbonyl (C=O) groups is 1. The number of aliphatic hydroxyl groups excluding tert-OH is 1. The number of rotatable bonds is 1. The summed E-state index contributed by atoms with van der Waals surface area (Å²) in [6.07, 6.45) is 2.35. The number of primary amides is 1. The molecule has 0 spiro atoms. The van der Waals surface area contributed by atoms with E-state index in [0.29, 0.717) is 5.02 Å². The summed E-state index contributed by atoms with van der Waals surface area (Å²) in [7, 11) is 0. The van der Waals surface area contributed by atoms with E-state index in [1.54, 1.807) is 4.57 Å². The summed E-state index contributed by atoms with van der Waals surface area (Å²) in [5, 5.41) is 11.0. The molecule has 1 aromatic heterocycles. The van der Waals surface area contributed by atoms with Crippen molar-refractivity contribution >= 4 is 28.5 Å². The van der Waals surface area contributed by atoms with Crippen molar-refractivity contribution in [2.45, 2.75) is 26.2 Å². The number of nitrogens with zero attached hydrogens (tertiary/aromatic N) is 1. The van der Waals surface area contributed by atoms with Crippen LogP contribution in [0.15, 0.2) is 12.1 Å². The fourth-order valence-electron chi connectivity index (χ4n) is 3.19. The van der Waals surface area contributed by atoms with Gasteiger partial charge in [0.1, 0.15) is 0 Å². The summed E-state index contributed by atoms with van der Waals surface area (Å²) in [6.45, 7) is 2.11. The van der Waals surface area contributed by atoms with Crippen LogP contribution in [0.25, 0.3) is 10.9 Å². The molecule has 20 heavy (non-hydrogen) atoms. The van der Waals surface area contributed by atoms with Crippen LogP contribution in [0.1, 0.15) is 23.2 Å². The third-order valence-electron chi connectivity index (χ3n) is 4.23. The van der Waals surface area contributed by atoms with E-state index in [2.05, 4.69) is 0 Å². The van der Waals surface area contributed by atoms with E-state index in [4.69, 9.17) is 17.3 Å². The van der Waals surface area contributed by atoms with Crippen LogP contribution in [0, 0.1) is 12.8 Å². The van der Waals surface area contributed by atoms with Gasteiger partial charge in [-0.25, -0.2) is 4.79 Å². The van der Waals surface area contributed by atoms with E-state index < -0.39 is 6.03 Å². The van der Waals surface area contributed by atoms with Gasteiger partial charge in [-0.15, -0.1) is 0 Å². The van der Waals surface area contributed by atoms with E-state index in [1.165, 1.54) is 0 Å². The second kappa shape index (κ2) is 4.79. The van der Waals surface area contributed by atoms with Crippen LogP contribution in [0.2, 0.25) is 5.02 Å². The van der Waals surface area contributed by atoms with Crippen LogP contribution in [0.4, 0.5) is 4.79 Å². The molecular weight excluding hydrogens is 276 g/mol. The summed E-state index contributed by atoms with van der Waals surface area (Å²) in [5.74, 6) is 0.228. The second-order valence-corrected chi connectivity index (χ2v) is 5.86. The predicted molar refractivity (Wildman–Crippen MR) is 79.3 cm³/mol. The van der Waals surface area contributed by atoms with E-state index in [9.17, 15) is 9.90 Å². The SMILES string of the molecule is Cc1ccc2c(c1Cl)c1c(n2C(N)=O)CCC(CO)C1. The Morgan fingerprint density at radius 2 is 2.30 bits per heavy atom. The van der Waals surface area contributed by atoms with Gasteiger partial charge in [-0.1, -0.05) is 17.7 Å². The molecule has 3 N–H and O–H groups in total. The van der Waals surface area contributed by atoms with E-state index in [1.807, 2.05) is 19.1 Å². The number of amides is 1. The normalized spacial score (nSPS) is 18.2. The third-order valence-corrected chi connectivity index (χ3v) is 4.72. The molecule has 0 saturated carbocycles. The number of carbonyl (C=O) groups excluding carboxylic acids is 1. The maximum Gasteiger partial charge on any atom is 0.323 e. The summed E-state index contributed by atoms with van der Waals surface area (Å²) < 4.78 is 1.57. The number of nitrogens with two attached hydrogens (primary N) is 1. The minimum atomic E-state index is -0.474. The lowest BCUT2D eigenvalue weighted by molar-refractivity contribution is 0.212. The van der Waals surface area contributed by atoms with Crippen LogP contribution in [-0.2, 0) is 12.8 Å². The molecule has 1 unspecified atom stereocenters. The van der Waals surface area contributed by atoms with Crippen molar-refractivity contribution in [1.82, 2.24) is 4.57 Å². The molecule has 1 aromatic carbocycles. The maximum absolute atomic E-state index is 11.8. The van der Waals surface area contributed by atoms with E-state index in [-0.39, 0.29) is 12.5 Å². The number of aryl methyl sites for hydroxylation is 1. The molecule has 0 aliphatic heterocycles. The van der Waals surface area contributed by atoms with Crippen molar-refractivity contribution in [2.75, 3.05) is 6.61 Å². The third kappa shape index (κ3) is 1.83. The lowest BCUT2D eigenvalue weighted by atomic mass is 9.86. The quantitative estimate of drug-likeness (QED) is 0.848. The monoisotopic (exact) mass is 292 g/mol. The number of hydrogen-bond donors (Lipinski definition) is 2. The van der Waals surface area contributed by atoms with Gasteiger partial charge in [-0.3, -0.25) is 4.57 Å². The molecule has 1 aliphatic rings. The van der Waals surface area contributed by atoms with Crippen LogP contribution >= 0.6 is 11.6 Å². The van der Waals surface area contributed by atoms with Gasteiger partial charge in [0, 0.05) is 17.7 Å². The molecule has 106 valence electrons. The zero-order valence-electron chi connectivity index (χ0n) is 11.3. The average molecular weight is 293 g/mol. The van der Waals surface area contributed by atoms with Crippen LogP contribution in [0.3, 0.4) is 0 Å². The fraction of sp³-hybridized carbons (Fsp3) is 0.400. The predicted octanol–water partition coefficient (Wildman–Crippen LogP) is 2.63. The molecule has 1 amide bonds. The molecule has 1 heterocycles. The highest BCUT2D eigenvalue weighted by Gasteiger charge is 2.28. The standard InChI is InChI=1S/C15H17ClN2O2/c1-8-2-4-12-13(14(8)16)10-6-9(7-19)3-5-11(10)18(12)15(17)20/h2,4,9,19H,3,5-7H2,1H3,(H2,17,20). The molecule has 0 bridgehead atoms. The first-order valence-electron chi connectivity index (χ1n) is 6.76. The van der Waals surface area contributed by atoms with Gasteiger partial charge in [0.25, 0.3) is 0 Å². The first-order valence-corrected chi connectivity index (χ1v) is 7.14. The van der Waals surface area contributed by atoms with Crippen LogP contribution in [-0.4, -0.2) is 22.3 Å². The molecule has 4 nitrogen and oxygen atoms in total. The zero-order chi connectivity index (χ0) is 14.4. The first-order chi connectivity index (χ1) is 9.54. The minimum absolute atomic E-state index is 0.159. The molecule has 3 rings (SSSR count). The first kappa shape index (κ1) is 13.5. The van der Waals surface area contributed by atoms with E-state index >= 15 is 0 Å². The Labute approximate surface area is 122 Å². The largest absolute Gasteiger partial charge is 0.396 e. The van der Waals surface area contributed by atoms with Gasteiger partial charge >= 0.3 is 6.03 Å². The molecule has 0 fully saturated rings. The smallest absolute Gasteiger partial charge is 0.323 e. The van der Waals surface area contributed by atoms with Gasteiger partial charge in [0.15, 0.2) is 0 Å². The van der Waals surface area contributed by atoms with Gasteiger partial charge in [0.05, 0.1) is 10.5 Å². The highest BCUT2D eigenvalue weighted by molar-refractivity contribution is 6.36. The van der Waals surface area contributed by atoms with Crippen molar-refractivity contribution in [2.24, 2.45) is 11.7 Å². The molecule has 2 aromatic rings. The number of aromatic nitrogens is 1. The van der Waals surface area contributed by atoms with Crippen molar-refractivity contribution in [3.8, 4) is 0 Å². The minimum Gasteiger partial charge on any atom is -0.396 e. The van der Waals surface area contributed by atoms with Gasteiger partial charge in [-0.2, -0.15) is 0 Å². The Bertz CT molecular complexity index is 706. The Hall–Kier alpha value is -1.52. The van der Waals surface area contributed by atoms with E-state index in [0.717, 1.165) is 47.0 Å². The highest BCUT2D eigenvalue weighted by atomic mass is 35.5. The van der Waals surface area contributed by atoms with Crippen LogP contribution in [0.5, 0.6) is 0 Å². The fourth-order valence-corrected chi connectivity index (χ4v) is 3.46. The van der Waals surface area contributed by atoms with Crippen molar-refractivity contribution in [1.29, 1.82) is 0 Å². The van der Waals surface area contributed by atoms with Crippen molar-refractivity contribution < 1.29 is 9.90 Å². The Kier molecular flexibility index (Phi) is 3.22. The lowest BCUT2D eigenvalue weighted by Gasteiger charge is -2.21. The number of aliphatic hydroxyl groups is 1. The number of hydrogen-bond acceptors (Lipinski definition) is 2. The molecule has 0 saturated heterocycles. The van der Waals surface area contributed by atoms with Crippen molar-refractivity contribution in [3.63, 3.8) is 0 Å². The summed E-state index contributed by atoms with van der Waals surface area (Å²) in [5.41, 5.74) is 9.31.